The van der Waals surface area contributed by atoms with Crippen molar-refractivity contribution in [2.75, 3.05) is 0 Å². The van der Waals surface area contributed by atoms with Crippen LogP contribution in [0, 0.1) is 0 Å². The molecule has 66 valence electrons. The molecule has 0 aromatic heterocycles. The lowest BCUT2D eigenvalue weighted by Gasteiger charge is -2.31. The molecule has 1 aliphatic heterocycles. The van der Waals surface area contributed by atoms with Gasteiger partial charge in [0.25, 0.3) is 0 Å². The highest BCUT2D eigenvalue weighted by molar-refractivity contribution is 5.99. The molecular formula is C10H14O2. The van der Waals surface area contributed by atoms with Crippen LogP contribution in [0.1, 0.15) is 39.0 Å². The number of hydrogen-bond acceptors (Lipinski definition) is 2. The molecule has 12 heavy (non-hydrogen) atoms. The van der Waals surface area contributed by atoms with E-state index in [9.17, 15) is 4.79 Å². The summed E-state index contributed by atoms with van der Waals surface area (Å²) in [5.74, 6) is 0.988. The second-order valence-corrected chi connectivity index (χ2v) is 3.78. The summed E-state index contributed by atoms with van der Waals surface area (Å²) in [6.07, 6.45) is 6.99. The van der Waals surface area contributed by atoms with Gasteiger partial charge in [0.1, 0.15) is 0 Å². The summed E-state index contributed by atoms with van der Waals surface area (Å²) in [5.41, 5.74) is -0.428. The molecule has 2 heteroatoms. The number of ketones is 1. The van der Waals surface area contributed by atoms with E-state index in [1.54, 1.807) is 6.08 Å². The van der Waals surface area contributed by atoms with Crippen molar-refractivity contribution >= 4 is 5.78 Å². The molecule has 2 aliphatic rings. The Morgan fingerprint density at radius 3 is 2.50 bits per heavy atom. The lowest BCUT2D eigenvalue weighted by Crippen LogP contribution is -2.38. The molecule has 2 nitrogen and oxygen atoms in total. The average Bonchev–Trinajstić information content (AvgIpc) is 2.29. The van der Waals surface area contributed by atoms with Crippen LogP contribution in [0.5, 0.6) is 0 Å². The fourth-order valence-electron chi connectivity index (χ4n) is 2.18. The minimum atomic E-state index is -0.428. The van der Waals surface area contributed by atoms with Crippen molar-refractivity contribution in [3.05, 3.63) is 11.8 Å². The summed E-state index contributed by atoms with van der Waals surface area (Å²) in [6, 6.07) is 0. The number of carbonyl (C=O) groups is 1. The first-order chi connectivity index (χ1) is 5.73. The van der Waals surface area contributed by atoms with Gasteiger partial charge in [-0.25, -0.2) is 0 Å². The largest absolute Gasteiger partial charge is 0.484 e. The lowest BCUT2D eigenvalue weighted by molar-refractivity contribution is -0.133. The first-order valence-corrected chi connectivity index (χ1v) is 4.65. The minimum absolute atomic E-state index is 0.194. The van der Waals surface area contributed by atoms with Crippen LogP contribution in [-0.4, -0.2) is 11.4 Å². The summed E-state index contributed by atoms with van der Waals surface area (Å²) < 4.78 is 5.61. The van der Waals surface area contributed by atoms with Gasteiger partial charge in [-0.2, -0.15) is 0 Å². The van der Waals surface area contributed by atoms with E-state index in [2.05, 4.69) is 0 Å². The fraction of sp³-hybridized carbons (Fsp3) is 0.700. The molecule has 1 aliphatic carbocycles. The Bertz CT molecular complexity index is 234. The number of carbonyl (C=O) groups excluding carboxylic acids is 1. The fourth-order valence-corrected chi connectivity index (χ4v) is 2.18. The van der Waals surface area contributed by atoms with Crippen molar-refractivity contribution < 1.29 is 9.53 Å². The molecule has 1 spiro atoms. The highest BCUT2D eigenvalue weighted by atomic mass is 16.5. The lowest BCUT2D eigenvalue weighted by atomic mass is 9.82. The molecule has 0 atom stereocenters. The predicted octanol–water partition coefficient (Wildman–Crippen LogP) is 2.19. The Morgan fingerprint density at radius 1 is 1.33 bits per heavy atom. The van der Waals surface area contributed by atoms with Crippen LogP contribution in [0.25, 0.3) is 0 Å². The molecular weight excluding hydrogens is 152 g/mol. The van der Waals surface area contributed by atoms with Crippen molar-refractivity contribution in [2.45, 2.75) is 44.6 Å². The molecule has 0 bridgehead atoms. The van der Waals surface area contributed by atoms with E-state index in [1.807, 2.05) is 6.92 Å². The smallest absolute Gasteiger partial charge is 0.202 e. The first-order valence-electron chi connectivity index (χ1n) is 4.65. The molecule has 0 amide bonds. The maximum atomic E-state index is 11.6. The third-order valence-electron chi connectivity index (χ3n) is 2.80. The molecule has 1 fully saturated rings. The minimum Gasteiger partial charge on any atom is -0.484 e. The third-order valence-corrected chi connectivity index (χ3v) is 2.80. The Kier molecular flexibility index (Phi) is 1.71. The summed E-state index contributed by atoms with van der Waals surface area (Å²) in [4.78, 5) is 11.6. The molecule has 0 saturated heterocycles. The summed E-state index contributed by atoms with van der Waals surface area (Å²) in [7, 11) is 0. The Labute approximate surface area is 72.6 Å². The average molecular weight is 166 g/mol. The van der Waals surface area contributed by atoms with Gasteiger partial charge in [-0.1, -0.05) is 6.42 Å². The number of ether oxygens (including phenoxy) is 1. The zero-order chi connectivity index (χ0) is 8.60. The van der Waals surface area contributed by atoms with Crippen LogP contribution in [0.15, 0.2) is 11.8 Å². The van der Waals surface area contributed by atoms with Gasteiger partial charge in [-0.05, 0) is 32.6 Å². The van der Waals surface area contributed by atoms with E-state index >= 15 is 0 Å². The van der Waals surface area contributed by atoms with Crippen LogP contribution in [-0.2, 0) is 9.53 Å². The molecule has 0 radical (unpaired) electrons. The van der Waals surface area contributed by atoms with E-state index in [0.29, 0.717) is 0 Å². The topological polar surface area (TPSA) is 26.3 Å². The second-order valence-electron chi connectivity index (χ2n) is 3.78. The molecule has 1 heterocycles. The van der Waals surface area contributed by atoms with Crippen molar-refractivity contribution in [1.29, 1.82) is 0 Å². The van der Waals surface area contributed by atoms with Gasteiger partial charge in [-0.15, -0.1) is 0 Å². The van der Waals surface area contributed by atoms with Crippen molar-refractivity contribution in [2.24, 2.45) is 0 Å². The van der Waals surface area contributed by atoms with Gasteiger partial charge >= 0.3 is 0 Å². The Hall–Kier alpha value is -0.790. The van der Waals surface area contributed by atoms with Gasteiger partial charge in [0.05, 0.1) is 5.76 Å². The van der Waals surface area contributed by atoms with E-state index < -0.39 is 5.60 Å². The van der Waals surface area contributed by atoms with E-state index in [-0.39, 0.29) is 5.78 Å². The quantitative estimate of drug-likeness (QED) is 0.551. The summed E-state index contributed by atoms with van der Waals surface area (Å²) in [6.45, 7) is 1.86. The van der Waals surface area contributed by atoms with Gasteiger partial charge in [0.15, 0.2) is 5.60 Å². The molecule has 0 unspecified atom stereocenters. The van der Waals surface area contributed by atoms with Gasteiger partial charge in [-0.3, -0.25) is 4.79 Å². The molecule has 0 N–H and O–H groups in total. The Morgan fingerprint density at radius 2 is 2.00 bits per heavy atom. The van der Waals surface area contributed by atoms with Gasteiger partial charge in [0, 0.05) is 6.08 Å². The van der Waals surface area contributed by atoms with Crippen molar-refractivity contribution in [3.63, 3.8) is 0 Å². The summed E-state index contributed by atoms with van der Waals surface area (Å²) >= 11 is 0. The third kappa shape index (κ3) is 1.06. The molecule has 0 aromatic rings. The zero-order valence-corrected chi connectivity index (χ0v) is 7.43. The van der Waals surface area contributed by atoms with Crippen molar-refractivity contribution in [1.82, 2.24) is 0 Å². The maximum Gasteiger partial charge on any atom is 0.202 e. The molecule has 2 rings (SSSR count). The number of rotatable bonds is 0. The van der Waals surface area contributed by atoms with Crippen LogP contribution in [0.3, 0.4) is 0 Å². The van der Waals surface area contributed by atoms with E-state index in [1.165, 1.54) is 6.42 Å². The number of allylic oxidation sites excluding steroid dienone is 1. The first kappa shape index (κ1) is 7.84. The second kappa shape index (κ2) is 2.61. The highest BCUT2D eigenvalue weighted by Gasteiger charge is 2.43. The zero-order valence-electron chi connectivity index (χ0n) is 7.43. The van der Waals surface area contributed by atoms with E-state index in [4.69, 9.17) is 4.74 Å². The van der Waals surface area contributed by atoms with Crippen LogP contribution < -0.4 is 0 Å². The molecule has 1 saturated carbocycles. The van der Waals surface area contributed by atoms with Crippen LogP contribution in [0.4, 0.5) is 0 Å². The standard InChI is InChI=1S/C10H14O2/c1-8-7-9(11)10(12-8)5-3-2-4-6-10/h7H,2-6H2,1H3. The van der Waals surface area contributed by atoms with Crippen molar-refractivity contribution in [3.8, 4) is 0 Å². The van der Waals surface area contributed by atoms with Crippen LogP contribution >= 0.6 is 0 Å². The molecule has 0 aromatic carbocycles. The normalized spacial score (nSPS) is 27.1. The number of hydrogen-bond donors (Lipinski definition) is 0. The van der Waals surface area contributed by atoms with Gasteiger partial charge in [0.2, 0.25) is 5.78 Å². The maximum absolute atomic E-state index is 11.6. The van der Waals surface area contributed by atoms with E-state index in [0.717, 1.165) is 31.4 Å². The monoisotopic (exact) mass is 166 g/mol. The Balaban J connectivity index is 2.17. The highest BCUT2D eigenvalue weighted by Crippen LogP contribution is 2.38. The van der Waals surface area contributed by atoms with Gasteiger partial charge < -0.3 is 4.74 Å². The SMILES string of the molecule is CC1=CC(=O)C2(CCCCC2)O1. The predicted molar refractivity (Wildman–Crippen MR) is 45.7 cm³/mol. The van der Waals surface area contributed by atoms with Crippen LogP contribution in [0.2, 0.25) is 0 Å². The summed E-state index contributed by atoms with van der Waals surface area (Å²) in [5, 5.41) is 0.